The summed E-state index contributed by atoms with van der Waals surface area (Å²) >= 11 is 6.10. The van der Waals surface area contributed by atoms with Gasteiger partial charge in [0, 0.05) is 35.2 Å². The molecule has 0 aliphatic rings. The Morgan fingerprint density at radius 2 is 1.63 bits per heavy atom. The van der Waals surface area contributed by atoms with Crippen molar-refractivity contribution < 1.29 is 13.5 Å². The third-order valence-electron chi connectivity index (χ3n) is 3.90. The molecule has 3 rings (SSSR count). The van der Waals surface area contributed by atoms with E-state index in [4.69, 9.17) is 27.3 Å². The van der Waals surface area contributed by atoms with Gasteiger partial charge in [-0.1, -0.05) is 23.7 Å². The number of sulfone groups is 1. The summed E-state index contributed by atoms with van der Waals surface area (Å²) in [6.07, 6.45) is 4.14. The quantitative estimate of drug-likeness (QED) is 0.687. The Kier molecular flexibility index (Phi) is 5.16. The maximum absolute atomic E-state index is 11.7. The molecule has 0 fully saturated rings. The lowest BCUT2D eigenvalue weighted by molar-refractivity contribution is 0.212. The minimum absolute atomic E-state index is 0.110. The lowest BCUT2D eigenvalue weighted by Gasteiger charge is -2.18. The number of hydrogen-bond donors (Lipinski definition) is 1. The Bertz CT molecular complexity index is 1080. The fourth-order valence-corrected chi connectivity index (χ4v) is 3.33. The van der Waals surface area contributed by atoms with Gasteiger partial charge in [0.2, 0.25) is 0 Å². The highest BCUT2D eigenvalue weighted by molar-refractivity contribution is 7.90. The molecule has 4 radical (unpaired) electrons. The summed E-state index contributed by atoms with van der Waals surface area (Å²) in [6, 6.07) is 11.3. The second-order valence-corrected chi connectivity index (χ2v) is 8.56. The molecule has 0 spiro atoms. The molecule has 0 saturated heterocycles. The van der Waals surface area contributed by atoms with Gasteiger partial charge in [-0.2, -0.15) is 0 Å². The minimum atomic E-state index is -3.29. The first kappa shape index (κ1) is 19.6. The van der Waals surface area contributed by atoms with Crippen LogP contribution in [0.15, 0.2) is 59.8 Å². The van der Waals surface area contributed by atoms with Crippen molar-refractivity contribution in [3.63, 3.8) is 0 Å². The van der Waals surface area contributed by atoms with Crippen molar-refractivity contribution in [3.05, 3.63) is 65.6 Å². The van der Waals surface area contributed by atoms with Crippen LogP contribution in [0.2, 0.25) is 5.02 Å². The molecular weight excluding hydrogens is 381 g/mol. The Labute approximate surface area is 165 Å². The SMILES string of the molecule is [B]C([B])(O)c1ccc(-c2ncc(Cl)cc2-c2ccc(S(C)(=O)=O)cc2)cn1. The van der Waals surface area contributed by atoms with Gasteiger partial charge in [0.15, 0.2) is 9.84 Å². The summed E-state index contributed by atoms with van der Waals surface area (Å²) in [6.45, 7) is 0. The zero-order valence-corrected chi connectivity index (χ0v) is 15.9. The molecule has 0 amide bonds. The Morgan fingerprint density at radius 3 is 2.15 bits per heavy atom. The fourth-order valence-electron chi connectivity index (χ4n) is 2.54. The lowest BCUT2D eigenvalue weighted by atomic mass is 9.63. The highest BCUT2D eigenvalue weighted by Gasteiger charge is 2.17. The molecule has 27 heavy (non-hydrogen) atoms. The number of halogens is 1. The van der Waals surface area contributed by atoms with Crippen molar-refractivity contribution in [1.82, 2.24) is 9.97 Å². The maximum atomic E-state index is 11.7. The average molecular weight is 394 g/mol. The second-order valence-electron chi connectivity index (χ2n) is 6.10. The predicted molar refractivity (Wildman–Crippen MR) is 106 cm³/mol. The number of aliphatic hydroxyl groups is 1. The molecule has 0 atom stereocenters. The van der Waals surface area contributed by atoms with E-state index in [0.29, 0.717) is 21.8 Å². The van der Waals surface area contributed by atoms with Crippen LogP contribution in [0.4, 0.5) is 0 Å². The van der Waals surface area contributed by atoms with Gasteiger partial charge in [-0.05, 0) is 35.9 Å². The van der Waals surface area contributed by atoms with Crippen molar-refractivity contribution in [3.8, 4) is 22.4 Å². The average Bonchev–Trinajstić information content (AvgIpc) is 2.60. The standard InChI is InChI=1S/C18H13B2ClN2O3S/c1-27(25,26)14-5-2-11(3-6-14)15-8-13(21)10-23-17(15)12-4-7-16(22-9-12)18(19,20)24/h2-10,24H,1H3. The summed E-state index contributed by atoms with van der Waals surface area (Å²) in [5.74, 6) is 0. The molecule has 3 aromatic rings. The number of pyridine rings is 2. The van der Waals surface area contributed by atoms with E-state index in [-0.39, 0.29) is 10.6 Å². The molecule has 0 bridgehead atoms. The monoisotopic (exact) mass is 394 g/mol. The largest absolute Gasteiger partial charge is 0.403 e. The maximum Gasteiger partial charge on any atom is 0.175 e. The molecule has 0 saturated carbocycles. The van der Waals surface area contributed by atoms with E-state index in [9.17, 15) is 13.5 Å². The van der Waals surface area contributed by atoms with Crippen LogP contribution in [0.25, 0.3) is 22.4 Å². The summed E-state index contributed by atoms with van der Waals surface area (Å²) in [5.41, 5.74) is 2.79. The van der Waals surface area contributed by atoms with Gasteiger partial charge in [-0.25, -0.2) is 8.42 Å². The van der Waals surface area contributed by atoms with Crippen molar-refractivity contribution in [2.75, 3.05) is 6.26 Å². The Morgan fingerprint density at radius 1 is 1.00 bits per heavy atom. The normalized spacial score (nSPS) is 12.1. The van der Waals surface area contributed by atoms with Crippen LogP contribution < -0.4 is 0 Å². The molecular formula is C18H13B2ClN2O3S. The molecule has 0 aliphatic carbocycles. The number of nitrogens with zero attached hydrogens (tertiary/aromatic N) is 2. The highest BCUT2D eigenvalue weighted by Crippen LogP contribution is 2.33. The molecule has 9 heteroatoms. The van der Waals surface area contributed by atoms with E-state index in [1.807, 2.05) is 0 Å². The van der Waals surface area contributed by atoms with Gasteiger partial charge >= 0.3 is 0 Å². The van der Waals surface area contributed by atoms with Crippen molar-refractivity contribution >= 4 is 37.1 Å². The van der Waals surface area contributed by atoms with Gasteiger partial charge in [0.05, 0.1) is 21.3 Å². The summed E-state index contributed by atoms with van der Waals surface area (Å²) < 4.78 is 23.3. The van der Waals surface area contributed by atoms with Crippen LogP contribution in [0.3, 0.4) is 0 Å². The number of aromatic nitrogens is 2. The smallest absolute Gasteiger partial charge is 0.175 e. The van der Waals surface area contributed by atoms with E-state index in [1.54, 1.807) is 24.3 Å². The van der Waals surface area contributed by atoms with Gasteiger partial charge < -0.3 is 5.11 Å². The third-order valence-corrected chi connectivity index (χ3v) is 5.23. The molecule has 0 unspecified atom stereocenters. The van der Waals surface area contributed by atoms with Crippen molar-refractivity contribution in [2.24, 2.45) is 0 Å². The molecule has 1 aromatic carbocycles. The zero-order valence-electron chi connectivity index (χ0n) is 14.3. The first-order chi connectivity index (χ1) is 12.6. The van der Waals surface area contributed by atoms with E-state index >= 15 is 0 Å². The second kappa shape index (κ2) is 7.11. The predicted octanol–water partition coefficient (Wildman–Crippen LogP) is 2.31. The van der Waals surface area contributed by atoms with Gasteiger partial charge in [-0.3, -0.25) is 9.97 Å². The first-order valence-corrected chi connectivity index (χ1v) is 10.1. The topological polar surface area (TPSA) is 80.2 Å². The molecule has 2 aromatic heterocycles. The number of rotatable bonds is 4. The first-order valence-electron chi connectivity index (χ1n) is 7.79. The van der Waals surface area contributed by atoms with Crippen LogP contribution in [0.1, 0.15) is 5.69 Å². The molecule has 132 valence electrons. The summed E-state index contributed by atoms with van der Waals surface area (Å²) in [4.78, 5) is 8.67. The van der Waals surface area contributed by atoms with Gasteiger partial charge in [0.1, 0.15) is 15.7 Å². The Hall–Kier alpha value is -2.15. The van der Waals surface area contributed by atoms with E-state index < -0.39 is 15.2 Å². The molecule has 5 nitrogen and oxygen atoms in total. The van der Waals surface area contributed by atoms with E-state index in [1.165, 1.54) is 30.6 Å². The van der Waals surface area contributed by atoms with E-state index in [2.05, 4.69) is 9.97 Å². The highest BCUT2D eigenvalue weighted by atomic mass is 35.5. The van der Waals surface area contributed by atoms with Crippen molar-refractivity contribution in [2.45, 2.75) is 10.3 Å². The van der Waals surface area contributed by atoms with Gasteiger partial charge in [0.25, 0.3) is 0 Å². The number of hydrogen-bond acceptors (Lipinski definition) is 5. The molecule has 2 heterocycles. The Balaban J connectivity index is 2.09. The minimum Gasteiger partial charge on any atom is -0.403 e. The number of benzene rings is 1. The van der Waals surface area contributed by atoms with E-state index in [0.717, 1.165) is 11.8 Å². The summed E-state index contributed by atoms with van der Waals surface area (Å²) in [7, 11) is 7.56. The molecule has 0 aliphatic heterocycles. The van der Waals surface area contributed by atoms with Crippen molar-refractivity contribution in [1.29, 1.82) is 0 Å². The zero-order chi connectivity index (χ0) is 19.8. The third kappa shape index (κ3) is 4.40. The van der Waals surface area contributed by atoms with Crippen LogP contribution in [0.5, 0.6) is 0 Å². The molecule has 1 N–H and O–H groups in total. The van der Waals surface area contributed by atoms with Crippen LogP contribution in [0, 0.1) is 0 Å². The van der Waals surface area contributed by atoms with Crippen LogP contribution in [-0.2, 0) is 15.2 Å². The van der Waals surface area contributed by atoms with Crippen LogP contribution in [-0.4, -0.2) is 45.4 Å². The summed E-state index contributed by atoms with van der Waals surface area (Å²) in [5, 5.41) is 8.02. The van der Waals surface area contributed by atoms with Gasteiger partial charge in [-0.15, -0.1) is 0 Å². The fraction of sp³-hybridized carbons (Fsp3) is 0.111. The lowest BCUT2D eigenvalue weighted by Crippen LogP contribution is -2.27. The van der Waals surface area contributed by atoms with Crippen LogP contribution >= 0.6 is 11.6 Å².